The molecule has 4 nitrogen and oxygen atoms in total. The molecule has 100 valence electrons. The van der Waals surface area contributed by atoms with Crippen LogP contribution in [0.4, 0.5) is 0 Å². The highest BCUT2D eigenvalue weighted by atomic mass is 16.1. The van der Waals surface area contributed by atoms with Crippen molar-refractivity contribution in [2.45, 2.75) is 45.7 Å². The Bertz CT molecular complexity index is 351. The second kappa shape index (κ2) is 7.82. The molecule has 1 amide bonds. The van der Waals surface area contributed by atoms with Crippen LogP contribution in [0.2, 0.25) is 0 Å². The van der Waals surface area contributed by atoms with Gasteiger partial charge >= 0.3 is 0 Å². The Kier molecular flexibility index (Phi) is 6.36. The van der Waals surface area contributed by atoms with E-state index in [-0.39, 0.29) is 11.9 Å². The van der Waals surface area contributed by atoms with E-state index >= 15 is 0 Å². The average molecular weight is 249 g/mol. The maximum Gasteiger partial charge on any atom is 0.220 e. The minimum atomic E-state index is 0.0178. The number of hydrogen-bond donors (Lipinski definition) is 2. The Morgan fingerprint density at radius 2 is 2.17 bits per heavy atom. The fourth-order valence-electron chi connectivity index (χ4n) is 1.67. The summed E-state index contributed by atoms with van der Waals surface area (Å²) in [5.41, 5.74) is 1.03. The molecule has 1 rings (SSSR count). The topological polar surface area (TPSA) is 54.0 Å². The Balaban J connectivity index is 2.24. The second-order valence-corrected chi connectivity index (χ2v) is 4.79. The lowest BCUT2D eigenvalue weighted by atomic mass is 10.1. The van der Waals surface area contributed by atoms with E-state index in [4.69, 9.17) is 0 Å². The van der Waals surface area contributed by atoms with Gasteiger partial charge < -0.3 is 10.6 Å². The molecular weight excluding hydrogens is 226 g/mol. The van der Waals surface area contributed by atoms with Crippen molar-refractivity contribution in [3.05, 3.63) is 30.1 Å². The predicted molar refractivity (Wildman–Crippen MR) is 73.2 cm³/mol. The lowest BCUT2D eigenvalue weighted by Gasteiger charge is -2.14. The van der Waals surface area contributed by atoms with Gasteiger partial charge in [-0.3, -0.25) is 9.78 Å². The normalized spacial score (nSPS) is 12.4. The third-order valence-corrected chi connectivity index (χ3v) is 2.70. The fourth-order valence-corrected chi connectivity index (χ4v) is 1.67. The van der Waals surface area contributed by atoms with Gasteiger partial charge in [0.05, 0.1) is 6.04 Å². The number of amides is 1. The third kappa shape index (κ3) is 5.77. The number of carbonyl (C=O) groups is 1. The first kappa shape index (κ1) is 14.6. The van der Waals surface area contributed by atoms with Gasteiger partial charge in [-0.25, -0.2) is 0 Å². The molecule has 0 aliphatic heterocycles. The van der Waals surface area contributed by atoms with Crippen molar-refractivity contribution < 1.29 is 4.79 Å². The van der Waals surface area contributed by atoms with E-state index < -0.39 is 0 Å². The summed E-state index contributed by atoms with van der Waals surface area (Å²) in [7, 11) is 0. The molecule has 0 spiro atoms. The van der Waals surface area contributed by atoms with Crippen molar-refractivity contribution in [3.8, 4) is 0 Å². The molecule has 1 atom stereocenters. The van der Waals surface area contributed by atoms with Gasteiger partial charge in [-0.1, -0.05) is 19.9 Å². The summed E-state index contributed by atoms with van der Waals surface area (Å²) < 4.78 is 0. The summed E-state index contributed by atoms with van der Waals surface area (Å²) >= 11 is 0. The molecule has 0 aromatic carbocycles. The molecule has 0 saturated heterocycles. The number of nitrogens with zero attached hydrogens (tertiary/aromatic N) is 1. The molecule has 18 heavy (non-hydrogen) atoms. The fraction of sp³-hybridized carbons (Fsp3) is 0.571. The molecule has 2 N–H and O–H groups in total. The maximum absolute atomic E-state index is 11.7. The SMILES string of the molecule is CC(C)NCCCC(=O)NC(C)c1cccnc1. The number of pyridine rings is 1. The van der Waals surface area contributed by atoms with E-state index in [0.717, 1.165) is 18.5 Å². The summed E-state index contributed by atoms with van der Waals surface area (Å²) in [4.78, 5) is 15.8. The van der Waals surface area contributed by atoms with Crippen molar-refractivity contribution >= 4 is 5.91 Å². The molecule has 1 heterocycles. The lowest BCUT2D eigenvalue weighted by molar-refractivity contribution is -0.121. The molecule has 0 aliphatic rings. The van der Waals surface area contributed by atoms with Crippen molar-refractivity contribution in [2.24, 2.45) is 0 Å². The molecular formula is C14H23N3O. The van der Waals surface area contributed by atoms with Crippen molar-refractivity contribution in [2.75, 3.05) is 6.54 Å². The zero-order chi connectivity index (χ0) is 13.4. The van der Waals surface area contributed by atoms with Gasteiger partial charge in [0.25, 0.3) is 0 Å². The van der Waals surface area contributed by atoms with Crippen LogP contribution in [0, 0.1) is 0 Å². The molecule has 1 unspecified atom stereocenters. The first-order valence-electron chi connectivity index (χ1n) is 6.52. The largest absolute Gasteiger partial charge is 0.350 e. The Labute approximate surface area is 109 Å². The number of nitrogens with one attached hydrogen (secondary N) is 2. The monoisotopic (exact) mass is 249 g/mol. The number of rotatable bonds is 7. The summed E-state index contributed by atoms with van der Waals surface area (Å²) in [5, 5.41) is 6.27. The van der Waals surface area contributed by atoms with Crippen molar-refractivity contribution in [1.29, 1.82) is 0 Å². The van der Waals surface area contributed by atoms with Gasteiger partial charge in [0.15, 0.2) is 0 Å². The van der Waals surface area contributed by atoms with Crippen molar-refractivity contribution in [3.63, 3.8) is 0 Å². The van der Waals surface area contributed by atoms with Crippen LogP contribution >= 0.6 is 0 Å². The highest BCUT2D eigenvalue weighted by molar-refractivity contribution is 5.76. The molecule has 1 aromatic heterocycles. The first-order valence-corrected chi connectivity index (χ1v) is 6.52. The Morgan fingerprint density at radius 1 is 1.39 bits per heavy atom. The standard InChI is InChI=1S/C14H23N3O/c1-11(2)16-9-5-7-14(18)17-12(3)13-6-4-8-15-10-13/h4,6,8,10-12,16H,5,7,9H2,1-3H3,(H,17,18). The minimum absolute atomic E-state index is 0.0178. The van der Waals surface area contributed by atoms with Gasteiger partial charge in [-0.2, -0.15) is 0 Å². The highest BCUT2D eigenvalue weighted by Gasteiger charge is 2.08. The molecule has 0 aliphatic carbocycles. The maximum atomic E-state index is 11.7. The first-order chi connectivity index (χ1) is 8.59. The average Bonchev–Trinajstić information content (AvgIpc) is 2.35. The Morgan fingerprint density at radius 3 is 2.78 bits per heavy atom. The molecule has 0 bridgehead atoms. The van der Waals surface area contributed by atoms with Crippen LogP contribution in [0.25, 0.3) is 0 Å². The number of hydrogen-bond acceptors (Lipinski definition) is 3. The van der Waals surface area contributed by atoms with Gasteiger partial charge in [-0.15, -0.1) is 0 Å². The van der Waals surface area contributed by atoms with E-state index in [2.05, 4.69) is 29.5 Å². The summed E-state index contributed by atoms with van der Waals surface area (Å²) in [6.07, 6.45) is 4.94. The Hall–Kier alpha value is -1.42. The van der Waals surface area contributed by atoms with Gasteiger partial charge in [-0.05, 0) is 31.5 Å². The van der Waals surface area contributed by atoms with Crippen LogP contribution in [0.5, 0.6) is 0 Å². The summed E-state index contributed by atoms with van der Waals surface area (Å²) in [5.74, 6) is 0.0944. The van der Waals surface area contributed by atoms with Gasteiger partial charge in [0.2, 0.25) is 5.91 Å². The lowest BCUT2D eigenvalue weighted by Crippen LogP contribution is -2.28. The van der Waals surface area contributed by atoms with Crippen LogP contribution in [-0.4, -0.2) is 23.5 Å². The van der Waals surface area contributed by atoms with Gasteiger partial charge in [0, 0.05) is 24.9 Å². The summed E-state index contributed by atoms with van der Waals surface area (Å²) in [6.45, 7) is 7.06. The number of aromatic nitrogens is 1. The summed E-state index contributed by atoms with van der Waals surface area (Å²) in [6, 6.07) is 4.34. The predicted octanol–water partition coefficient (Wildman–Crippen LogP) is 2.04. The number of carbonyl (C=O) groups excluding carboxylic acids is 1. The molecule has 0 fully saturated rings. The van der Waals surface area contributed by atoms with Crippen LogP contribution in [0.1, 0.15) is 45.2 Å². The minimum Gasteiger partial charge on any atom is -0.350 e. The second-order valence-electron chi connectivity index (χ2n) is 4.79. The molecule has 1 aromatic rings. The zero-order valence-electron chi connectivity index (χ0n) is 11.4. The van der Waals surface area contributed by atoms with E-state index in [1.807, 2.05) is 19.1 Å². The third-order valence-electron chi connectivity index (χ3n) is 2.70. The van der Waals surface area contributed by atoms with Crippen LogP contribution in [0.3, 0.4) is 0 Å². The molecule has 4 heteroatoms. The van der Waals surface area contributed by atoms with E-state index in [0.29, 0.717) is 12.5 Å². The quantitative estimate of drug-likeness (QED) is 0.727. The zero-order valence-corrected chi connectivity index (χ0v) is 11.4. The smallest absolute Gasteiger partial charge is 0.220 e. The molecule has 0 radical (unpaired) electrons. The highest BCUT2D eigenvalue weighted by Crippen LogP contribution is 2.09. The van der Waals surface area contributed by atoms with E-state index in [9.17, 15) is 4.79 Å². The van der Waals surface area contributed by atoms with E-state index in [1.165, 1.54) is 0 Å². The van der Waals surface area contributed by atoms with Crippen LogP contribution in [0.15, 0.2) is 24.5 Å². The van der Waals surface area contributed by atoms with Gasteiger partial charge in [0.1, 0.15) is 0 Å². The van der Waals surface area contributed by atoms with Crippen molar-refractivity contribution in [1.82, 2.24) is 15.6 Å². The van der Waals surface area contributed by atoms with Crippen LogP contribution < -0.4 is 10.6 Å². The molecule has 0 saturated carbocycles. The van der Waals surface area contributed by atoms with Crippen LogP contribution in [-0.2, 0) is 4.79 Å². The van der Waals surface area contributed by atoms with E-state index in [1.54, 1.807) is 12.4 Å².